The lowest BCUT2D eigenvalue weighted by Gasteiger charge is -2.20. The van der Waals surface area contributed by atoms with Gasteiger partial charge in [0.2, 0.25) is 5.91 Å². The summed E-state index contributed by atoms with van der Waals surface area (Å²) in [6.07, 6.45) is 0. The number of amides is 1. The summed E-state index contributed by atoms with van der Waals surface area (Å²) in [5.74, 6) is 1.29. The van der Waals surface area contributed by atoms with Crippen molar-refractivity contribution in [3.8, 4) is 17.2 Å². The lowest BCUT2D eigenvalue weighted by atomic mass is 10.2. The van der Waals surface area contributed by atoms with Crippen LogP contribution in [0.15, 0.2) is 46.1 Å². The van der Waals surface area contributed by atoms with Gasteiger partial charge in [-0.1, -0.05) is 36.0 Å². The maximum Gasteiger partial charge on any atom is 0.277 e. The molecule has 0 aliphatic carbocycles. The molecule has 0 spiro atoms. The lowest BCUT2D eigenvalue weighted by molar-refractivity contribution is -0.127. The van der Waals surface area contributed by atoms with E-state index in [4.69, 9.17) is 9.15 Å². The summed E-state index contributed by atoms with van der Waals surface area (Å²) >= 11 is 1.23. The van der Waals surface area contributed by atoms with Crippen molar-refractivity contribution in [2.24, 2.45) is 0 Å². The molecule has 0 radical (unpaired) electrons. The number of ether oxygens (including phenoxy) is 1. The monoisotopic (exact) mass is 347 g/mol. The number of nitrogens with zero attached hydrogens (tertiary/aromatic N) is 3. The summed E-state index contributed by atoms with van der Waals surface area (Å²) in [6.45, 7) is 8.89. The first-order valence-electron chi connectivity index (χ1n) is 7.57. The molecule has 128 valence electrons. The van der Waals surface area contributed by atoms with E-state index in [1.165, 1.54) is 11.8 Å². The average molecular weight is 347 g/mol. The quantitative estimate of drug-likeness (QED) is 0.539. The smallest absolute Gasteiger partial charge is 0.277 e. The first-order valence-corrected chi connectivity index (χ1v) is 8.55. The molecule has 0 atom stereocenters. The molecule has 2 rings (SSSR count). The molecule has 0 saturated heterocycles. The van der Waals surface area contributed by atoms with E-state index in [-0.39, 0.29) is 11.7 Å². The SMILES string of the molecule is C=C(C)CN(CC)C(=O)CSc1nnc(-c2ccccc2OC)o1. The number of methoxy groups -OCH3 is 1. The molecule has 0 unspecified atom stereocenters. The Balaban J connectivity index is 2.01. The zero-order valence-corrected chi connectivity index (χ0v) is 14.9. The fraction of sp³-hybridized carbons (Fsp3) is 0.353. The van der Waals surface area contributed by atoms with E-state index in [2.05, 4.69) is 16.8 Å². The van der Waals surface area contributed by atoms with Gasteiger partial charge in [-0.15, -0.1) is 10.2 Å². The van der Waals surface area contributed by atoms with Crippen LogP contribution in [0.25, 0.3) is 11.5 Å². The van der Waals surface area contributed by atoms with Crippen LogP contribution in [0.3, 0.4) is 0 Å². The van der Waals surface area contributed by atoms with Crippen molar-refractivity contribution in [3.63, 3.8) is 0 Å². The lowest BCUT2D eigenvalue weighted by Crippen LogP contribution is -2.33. The van der Waals surface area contributed by atoms with E-state index >= 15 is 0 Å². The van der Waals surface area contributed by atoms with Crippen LogP contribution in [-0.4, -0.2) is 47.0 Å². The molecular formula is C17H21N3O3S. The molecule has 24 heavy (non-hydrogen) atoms. The van der Waals surface area contributed by atoms with Crippen LogP contribution in [0, 0.1) is 0 Å². The highest BCUT2D eigenvalue weighted by molar-refractivity contribution is 7.99. The van der Waals surface area contributed by atoms with Crippen LogP contribution < -0.4 is 4.74 Å². The topological polar surface area (TPSA) is 68.5 Å². The minimum absolute atomic E-state index is 0.0162. The Hall–Kier alpha value is -2.28. The molecule has 1 amide bonds. The standard InChI is InChI=1S/C17H21N3O3S/c1-5-20(10-12(2)3)15(21)11-24-17-19-18-16(23-17)13-8-6-7-9-14(13)22-4/h6-9H,2,5,10-11H2,1,3-4H3. The molecule has 1 heterocycles. The van der Waals surface area contributed by atoms with Crippen LogP contribution in [-0.2, 0) is 4.79 Å². The van der Waals surface area contributed by atoms with Crippen molar-refractivity contribution < 1.29 is 13.9 Å². The number of aromatic nitrogens is 2. The second-order valence-electron chi connectivity index (χ2n) is 5.23. The van der Waals surface area contributed by atoms with Gasteiger partial charge >= 0.3 is 0 Å². The van der Waals surface area contributed by atoms with Crippen molar-refractivity contribution in [3.05, 3.63) is 36.4 Å². The van der Waals surface area contributed by atoms with E-state index in [0.29, 0.717) is 30.0 Å². The Morgan fingerprint density at radius 3 is 2.79 bits per heavy atom. The van der Waals surface area contributed by atoms with Crippen molar-refractivity contribution in [2.45, 2.75) is 19.1 Å². The minimum atomic E-state index is 0.0162. The Morgan fingerprint density at radius 2 is 2.12 bits per heavy atom. The van der Waals surface area contributed by atoms with Gasteiger partial charge in [-0.05, 0) is 26.0 Å². The molecule has 0 bridgehead atoms. The van der Waals surface area contributed by atoms with Crippen LogP contribution in [0.1, 0.15) is 13.8 Å². The van der Waals surface area contributed by atoms with Crippen LogP contribution in [0.2, 0.25) is 0 Å². The molecule has 0 fully saturated rings. The Morgan fingerprint density at radius 1 is 1.38 bits per heavy atom. The van der Waals surface area contributed by atoms with Crippen molar-refractivity contribution >= 4 is 17.7 Å². The molecule has 2 aromatic rings. The Labute approximate surface area is 145 Å². The molecule has 0 aliphatic heterocycles. The third kappa shape index (κ3) is 4.61. The summed E-state index contributed by atoms with van der Waals surface area (Å²) in [4.78, 5) is 14.0. The molecule has 1 aromatic heterocycles. The minimum Gasteiger partial charge on any atom is -0.496 e. The number of para-hydroxylation sites is 1. The number of benzene rings is 1. The number of carbonyl (C=O) groups is 1. The summed E-state index contributed by atoms with van der Waals surface area (Å²) in [5, 5.41) is 8.38. The summed E-state index contributed by atoms with van der Waals surface area (Å²) in [6, 6.07) is 7.41. The number of hydrogen-bond donors (Lipinski definition) is 0. The van der Waals surface area contributed by atoms with Crippen molar-refractivity contribution in [1.82, 2.24) is 15.1 Å². The highest BCUT2D eigenvalue weighted by Crippen LogP contribution is 2.30. The molecule has 1 aromatic carbocycles. The largest absolute Gasteiger partial charge is 0.496 e. The predicted octanol–water partition coefficient (Wildman–Crippen LogP) is 3.26. The molecule has 0 aliphatic rings. The Bertz CT molecular complexity index is 715. The van der Waals surface area contributed by atoms with Gasteiger partial charge in [-0.25, -0.2) is 0 Å². The molecule has 0 saturated carbocycles. The van der Waals surface area contributed by atoms with Crippen LogP contribution in [0.4, 0.5) is 0 Å². The normalized spacial score (nSPS) is 10.5. The van der Waals surface area contributed by atoms with Gasteiger partial charge in [-0.2, -0.15) is 0 Å². The van der Waals surface area contributed by atoms with Gasteiger partial charge in [-0.3, -0.25) is 4.79 Å². The third-order valence-electron chi connectivity index (χ3n) is 3.26. The highest BCUT2D eigenvalue weighted by Gasteiger charge is 2.16. The number of rotatable bonds is 8. The molecule has 7 heteroatoms. The number of hydrogen-bond acceptors (Lipinski definition) is 6. The second-order valence-corrected chi connectivity index (χ2v) is 6.15. The molecular weight excluding hydrogens is 326 g/mol. The molecule has 0 N–H and O–H groups in total. The van der Waals surface area contributed by atoms with Crippen molar-refractivity contribution in [1.29, 1.82) is 0 Å². The first-order chi connectivity index (χ1) is 11.5. The fourth-order valence-corrected chi connectivity index (χ4v) is 2.78. The van der Waals surface area contributed by atoms with Gasteiger partial charge < -0.3 is 14.1 Å². The average Bonchev–Trinajstić information content (AvgIpc) is 3.06. The number of carbonyl (C=O) groups excluding carboxylic acids is 1. The zero-order valence-electron chi connectivity index (χ0n) is 14.1. The summed E-state index contributed by atoms with van der Waals surface area (Å²) in [7, 11) is 1.59. The zero-order chi connectivity index (χ0) is 17.5. The second kappa shape index (κ2) is 8.54. The van der Waals surface area contributed by atoms with Gasteiger partial charge in [0.1, 0.15) is 5.75 Å². The van der Waals surface area contributed by atoms with E-state index in [9.17, 15) is 4.79 Å². The van der Waals surface area contributed by atoms with Gasteiger partial charge in [0.05, 0.1) is 18.4 Å². The number of likely N-dealkylation sites (N-methyl/N-ethyl adjacent to an activating group) is 1. The van der Waals surface area contributed by atoms with Crippen molar-refractivity contribution in [2.75, 3.05) is 26.0 Å². The highest BCUT2D eigenvalue weighted by atomic mass is 32.2. The maximum atomic E-state index is 12.2. The maximum absolute atomic E-state index is 12.2. The number of thioether (sulfide) groups is 1. The van der Waals surface area contributed by atoms with Crippen LogP contribution >= 0.6 is 11.8 Å². The predicted molar refractivity (Wildman–Crippen MR) is 94.1 cm³/mol. The van der Waals surface area contributed by atoms with E-state index in [1.807, 2.05) is 38.1 Å². The van der Waals surface area contributed by atoms with Gasteiger partial charge in [0.15, 0.2) is 0 Å². The van der Waals surface area contributed by atoms with Gasteiger partial charge in [0.25, 0.3) is 11.1 Å². The van der Waals surface area contributed by atoms with E-state index < -0.39 is 0 Å². The van der Waals surface area contributed by atoms with Gasteiger partial charge in [0, 0.05) is 13.1 Å². The third-order valence-corrected chi connectivity index (χ3v) is 4.06. The summed E-state index contributed by atoms with van der Waals surface area (Å²) in [5.41, 5.74) is 1.68. The fourth-order valence-electron chi connectivity index (χ4n) is 2.12. The summed E-state index contributed by atoms with van der Waals surface area (Å²) < 4.78 is 10.9. The Kier molecular flexibility index (Phi) is 6.43. The van der Waals surface area contributed by atoms with E-state index in [0.717, 1.165) is 11.1 Å². The van der Waals surface area contributed by atoms with E-state index in [1.54, 1.807) is 12.0 Å². The van der Waals surface area contributed by atoms with Crippen LogP contribution in [0.5, 0.6) is 5.75 Å². The molecule has 6 nitrogen and oxygen atoms in total. The first kappa shape index (κ1) is 18.1.